The fourth-order valence-electron chi connectivity index (χ4n) is 7.60. The molecule has 0 aromatic carbocycles. The minimum atomic E-state index is -0.782. The molecule has 0 heterocycles. The van der Waals surface area contributed by atoms with E-state index in [-0.39, 0.29) is 24.9 Å². The van der Waals surface area contributed by atoms with Gasteiger partial charge in [0.25, 0.3) is 0 Å². The first-order chi connectivity index (χ1) is 27.0. The average Bonchev–Trinajstić information content (AvgIpc) is 3.18. The van der Waals surface area contributed by atoms with E-state index in [1.54, 1.807) is 0 Å². The predicted molar refractivity (Wildman–Crippen MR) is 237 cm³/mol. The van der Waals surface area contributed by atoms with Crippen molar-refractivity contribution in [2.24, 2.45) is 0 Å². The highest BCUT2D eigenvalue weighted by molar-refractivity contribution is 5.77. The molecule has 326 valence electrons. The third-order valence-corrected chi connectivity index (χ3v) is 11.3. The number of hydrogen-bond acceptors (Lipinski definition) is 5. The highest BCUT2D eigenvalue weighted by Gasteiger charge is 2.24. The number of ether oxygens (including phenoxy) is 1. The molecular weight excluding hydrogens is 683 g/mol. The number of amides is 1. The Morgan fingerprint density at radius 1 is 0.509 bits per heavy atom. The number of nitrogens with one attached hydrogen (secondary N) is 1. The molecule has 55 heavy (non-hydrogen) atoms. The van der Waals surface area contributed by atoms with Gasteiger partial charge in [0.2, 0.25) is 5.91 Å². The Kier molecular flexibility index (Phi) is 42.6. The van der Waals surface area contributed by atoms with E-state index >= 15 is 0 Å². The van der Waals surface area contributed by atoms with Crippen molar-refractivity contribution in [1.29, 1.82) is 0 Å². The summed E-state index contributed by atoms with van der Waals surface area (Å²) in [5.74, 6) is -0.472. The van der Waals surface area contributed by atoms with Gasteiger partial charge in [-0.2, -0.15) is 0 Å². The second kappa shape index (κ2) is 43.7. The van der Waals surface area contributed by atoms with E-state index in [2.05, 4.69) is 38.2 Å². The Balaban J connectivity index is 4.54. The van der Waals surface area contributed by atoms with Crippen LogP contribution < -0.4 is 5.32 Å². The van der Waals surface area contributed by atoms with Gasteiger partial charge in [-0.3, -0.25) is 9.59 Å². The largest absolute Gasteiger partial charge is 0.462 e. The first-order valence-electron chi connectivity index (χ1n) is 24.4. The predicted octanol–water partition coefficient (Wildman–Crippen LogP) is 14.2. The maximum absolute atomic E-state index is 13.1. The number of carbonyl (C=O) groups excluding carboxylic acids is 2. The van der Waals surface area contributed by atoms with E-state index in [0.717, 1.165) is 57.8 Å². The summed E-state index contributed by atoms with van der Waals surface area (Å²) in [7, 11) is 0. The van der Waals surface area contributed by atoms with Crippen LogP contribution in [0.3, 0.4) is 0 Å². The van der Waals surface area contributed by atoms with Crippen LogP contribution in [-0.4, -0.2) is 46.9 Å². The van der Waals surface area contributed by atoms with Crippen LogP contribution in [0.15, 0.2) is 12.2 Å². The van der Waals surface area contributed by atoms with Crippen molar-refractivity contribution >= 4 is 11.9 Å². The molecule has 0 rings (SSSR count). The van der Waals surface area contributed by atoms with Gasteiger partial charge in [-0.15, -0.1) is 0 Å². The van der Waals surface area contributed by atoms with Crippen molar-refractivity contribution < 1.29 is 24.5 Å². The molecule has 3 unspecified atom stereocenters. The maximum Gasteiger partial charge on any atom is 0.306 e. The molecule has 1 amide bonds. The zero-order chi connectivity index (χ0) is 40.3. The molecule has 0 aliphatic carbocycles. The fourth-order valence-corrected chi connectivity index (χ4v) is 7.60. The normalized spacial score (nSPS) is 13.3. The van der Waals surface area contributed by atoms with E-state index in [4.69, 9.17) is 4.74 Å². The zero-order valence-corrected chi connectivity index (χ0v) is 37.1. The molecule has 3 atom stereocenters. The van der Waals surface area contributed by atoms with Crippen molar-refractivity contribution in [3.63, 3.8) is 0 Å². The van der Waals surface area contributed by atoms with Gasteiger partial charge >= 0.3 is 5.97 Å². The Morgan fingerprint density at radius 2 is 0.873 bits per heavy atom. The van der Waals surface area contributed by atoms with Crippen LogP contribution in [0, 0.1) is 0 Å². The highest BCUT2D eigenvalue weighted by Crippen LogP contribution is 2.18. The second-order valence-corrected chi connectivity index (χ2v) is 16.9. The van der Waals surface area contributed by atoms with Gasteiger partial charge < -0.3 is 20.3 Å². The van der Waals surface area contributed by atoms with Crippen LogP contribution in [-0.2, 0) is 14.3 Å². The number of aliphatic hydroxyl groups is 2. The van der Waals surface area contributed by atoms with Crippen molar-refractivity contribution in [3.8, 4) is 0 Å². The lowest BCUT2D eigenvalue weighted by Gasteiger charge is -2.24. The molecule has 3 N–H and O–H groups in total. The maximum atomic E-state index is 13.1. The van der Waals surface area contributed by atoms with E-state index in [0.29, 0.717) is 19.3 Å². The Hall–Kier alpha value is -1.40. The molecule has 0 bridgehead atoms. The lowest BCUT2D eigenvalue weighted by atomic mass is 10.0. The topological polar surface area (TPSA) is 95.9 Å². The Labute approximate surface area is 342 Å². The summed E-state index contributed by atoms with van der Waals surface area (Å²) in [6, 6.07) is -0.696. The van der Waals surface area contributed by atoms with E-state index in [1.807, 2.05) is 0 Å². The SMILES string of the molecule is CCCCCCCC/C=C/CCCCCCCC(CC(=O)NC(CO)C(O)CCCCCCCCCCCCCC)OC(=O)CCCCCCCCCCC. The molecule has 0 aromatic rings. The third-order valence-electron chi connectivity index (χ3n) is 11.3. The molecule has 0 saturated carbocycles. The summed E-state index contributed by atoms with van der Waals surface area (Å²) in [6.45, 7) is 6.46. The molecule has 0 radical (unpaired) electrons. The first kappa shape index (κ1) is 53.6. The number of rotatable bonds is 44. The van der Waals surface area contributed by atoms with E-state index in [1.165, 1.54) is 161 Å². The van der Waals surface area contributed by atoms with Gasteiger partial charge in [-0.05, 0) is 51.4 Å². The minimum Gasteiger partial charge on any atom is -0.462 e. The average molecular weight is 778 g/mol. The quantitative estimate of drug-likeness (QED) is 0.0325. The van der Waals surface area contributed by atoms with Crippen molar-refractivity contribution in [2.45, 2.75) is 283 Å². The molecule has 0 spiro atoms. The van der Waals surface area contributed by atoms with Gasteiger partial charge in [0.05, 0.1) is 25.2 Å². The molecule has 0 aromatic heterocycles. The first-order valence-corrected chi connectivity index (χ1v) is 24.4. The summed E-state index contributed by atoms with van der Waals surface area (Å²) in [5, 5.41) is 23.7. The zero-order valence-electron chi connectivity index (χ0n) is 37.1. The summed E-state index contributed by atoms with van der Waals surface area (Å²) in [6.07, 6.45) is 47.0. The monoisotopic (exact) mass is 778 g/mol. The van der Waals surface area contributed by atoms with Gasteiger partial charge in [-0.1, -0.05) is 213 Å². The van der Waals surface area contributed by atoms with Crippen LogP contribution in [0.1, 0.15) is 265 Å². The molecule has 0 saturated heterocycles. The van der Waals surface area contributed by atoms with Crippen LogP contribution in [0.25, 0.3) is 0 Å². The van der Waals surface area contributed by atoms with Crippen molar-refractivity contribution in [1.82, 2.24) is 5.32 Å². The van der Waals surface area contributed by atoms with Gasteiger partial charge in [0.15, 0.2) is 0 Å². The Morgan fingerprint density at radius 3 is 1.29 bits per heavy atom. The summed E-state index contributed by atoms with van der Waals surface area (Å²) >= 11 is 0. The van der Waals surface area contributed by atoms with E-state index in [9.17, 15) is 19.8 Å². The fraction of sp³-hybridized carbons (Fsp3) is 0.918. The summed E-state index contributed by atoms with van der Waals surface area (Å²) in [5.41, 5.74) is 0. The number of esters is 1. The van der Waals surface area contributed by atoms with Crippen LogP contribution in [0.2, 0.25) is 0 Å². The molecule has 0 aliphatic rings. The Bertz CT molecular complexity index is 832. The third kappa shape index (κ3) is 39.2. The van der Waals surface area contributed by atoms with Crippen molar-refractivity contribution in [3.05, 3.63) is 12.2 Å². The lowest BCUT2D eigenvalue weighted by molar-refractivity contribution is -0.151. The molecule has 6 nitrogen and oxygen atoms in total. The van der Waals surface area contributed by atoms with Gasteiger partial charge in [0, 0.05) is 6.42 Å². The lowest BCUT2D eigenvalue weighted by Crippen LogP contribution is -2.46. The standard InChI is InChI=1S/C49H95NO5/c1-4-7-10-13-16-19-21-23-24-25-26-29-31-34-37-40-45(55-49(54)42-39-36-33-28-18-15-12-9-6-3)43-48(53)50-46(44-51)47(52)41-38-35-32-30-27-22-20-17-14-11-8-5-2/h23-24,45-47,51-52H,4-22,25-44H2,1-3H3,(H,50,53)/b24-23+. The number of allylic oxidation sites excluding steroid dienone is 2. The second-order valence-electron chi connectivity index (χ2n) is 16.9. The smallest absolute Gasteiger partial charge is 0.306 e. The molecule has 0 fully saturated rings. The van der Waals surface area contributed by atoms with E-state index < -0.39 is 18.2 Å². The molecular formula is C49H95NO5. The van der Waals surface area contributed by atoms with Crippen LogP contribution in [0.5, 0.6) is 0 Å². The molecule has 6 heteroatoms. The summed E-state index contributed by atoms with van der Waals surface area (Å²) < 4.78 is 5.90. The summed E-state index contributed by atoms with van der Waals surface area (Å²) in [4.78, 5) is 26.0. The number of carbonyl (C=O) groups is 2. The van der Waals surface area contributed by atoms with Crippen LogP contribution >= 0.6 is 0 Å². The number of aliphatic hydroxyl groups excluding tert-OH is 2. The van der Waals surface area contributed by atoms with Crippen LogP contribution in [0.4, 0.5) is 0 Å². The van der Waals surface area contributed by atoms with Gasteiger partial charge in [0.1, 0.15) is 6.10 Å². The number of unbranched alkanes of at least 4 members (excludes halogenated alkanes) is 30. The number of hydrogen-bond donors (Lipinski definition) is 3. The molecule has 0 aliphatic heterocycles. The minimum absolute atomic E-state index is 0.0781. The highest BCUT2D eigenvalue weighted by atomic mass is 16.5. The van der Waals surface area contributed by atoms with Crippen molar-refractivity contribution in [2.75, 3.05) is 6.61 Å². The van der Waals surface area contributed by atoms with Gasteiger partial charge in [-0.25, -0.2) is 0 Å².